The van der Waals surface area contributed by atoms with E-state index in [1.165, 1.54) is 5.56 Å². The van der Waals surface area contributed by atoms with Gasteiger partial charge in [-0.15, -0.1) is 0 Å². The van der Waals surface area contributed by atoms with Gasteiger partial charge >= 0.3 is 5.97 Å². The van der Waals surface area contributed by atoms with Gasteiger partial charge in [-0.05, 0) is 43.9 Å². The Hall–Kier alpha value is -1.77. The van der Waals surface area contributed by atoms with Crippen LogP contribution in [0.5, 0.6) is 5.75 Å². The first-order valence-electron chi connectivity index (χ1n) is 6.59. The van der Waals surface area contributed by atoms with Crippen molar-refractivity contribution in [3.8, 4) is 5.75 Å². The molecule has 0 saturated carbocycles. The van der Waals surface area contributed by atoms with Crippen molar-refractivity contribution in [1.82, 2.24) is 0 Å². The Kier molecular flexibility index (Phi) is 10.3. The monoisotopic (exact) mass is 264 g/mol. The first kappa shape index (κ1) is 17.2. The zero-order valence-electron chi connectivity index (χ0n) is 12.1. The van der Waals surface area contributed by atoms with Crippen molar-refractivity contribution < 1.29 is 14.6 Å². The van der Waals surface area contributed by atoms with Crippen LogP contribution in [0.1, 0.15) is 38.7 Å². The van der Waals surface area contributed by atoms with Crippen LogP contribution in [0.3, 0.4) is 0 Å². The second-order valence-corrected chi connectivity index (χ2v) is 4.10. The van der Waals surface area contributed by atoms with Gasteiger partial charge in [0.25, 0.3) is 0 Å². The summed E-state index contributed by atoms with van der Waals surface area (Å²) in [4.78, 5) is 9.60. The Morgan fingerprint density at radius 1 is 1.32 bits per heavy atom. The summed E-state index contributed by atoms with van der Waals surface area (Å²) < 4.78 is 5.08. The van der Waals surface area contributed by atoms with E-state index in [0.29, 0.717) is 6.42 Å². The molecule has 0 aliphatic rings. The zero-order chi connectivity index (χ0) is 14.5. The third-order valence-electron chi connectivity index (χ3n) is 2.46. The Balaban J connectivity index is 0.000000459. The number of hydrogen-bond acceptors (Lipinski definition) is 2. The number of aliphatic carboxylic acids is 1. The minimum atomic E-state index is -0.711. The van der Waals surface area contributed by atoms with Crippen molar-refractivity contribution in [1.29, 1.82) is 0 Å². The molecule has 0 spiro atoms. The molecule has 0 aliphatic carbocycles. The maximum absolute atomic E-state index is 9.60. The van der Waals surface area contributed by atoms with Crippen LogP contribution in [-0.2, 0) is 11.2 Å². The fourth-order valence-electron chi connectivity index (χ4n) is 1.42. The number of allylic oxidation sites excluding steroid dienone is 2. The zero-order valence-corrected chi connectivity index (χ0v) is 12.1. The SMILES string of the molecule is C/C=C/CCc1ccc(OC)cc1.CCCC(=O)O. The van der Waals surface area contributed by atoms with Gasteiger partial charge in [-0.25, -0.2) is 0 Å². The van der Waals surface area contributed by atoms with Gasteiger partial charge in [0.1, 0.15) is 5.75 Å². The molecule has 1 aromatic carbocycles. The summed E-state index contributed by atoms with van der Waals surface area (Å²) in [5.74, 6) is 0.215. The van der Waals surface area contributed by atoms with Crippen molar-refractivity contribution in [2.75, 3.05) is 7.11 Å². The lowest BCUT2D eigenvalue weighted by Gasteiger charge is -2.01. The van der Waals surface area contributed by atoms with Gasteiger partial charge in [0.15, 0.2) is 0 Å². The topological polar surface area (TPSA) is 46.5 Å². The standard InChI is InChI=1S/C12H16O.C4H8O2/c1-3-4-5-6-11-7-9-12(13-2)10-8-11;1-2-3-4(5)6/h3-4,7-10H,5-6H2,1-2H3;2-3H2,1H3,(H,5,6)/b4-3+;. The summed E-state index contributed by atoms with van der Waals surface area (Å²) in [6.07, 6.45) is 7.51. The van der Waals surface area contributed by atoms with Crippen LogP contribution in [0.15, 0.2) is 36.4 Å². The lowest BCUT2D eigenvalue weighted by atomic mass is 10.1. The summed E-state index contributed by atoms with van der Waals surface area (Å²) in [5, 5.41) is 7.91. The molecule has 0 aliphatic heterocycles. The lowest BCUT2D eigenvalue weighted by molar-refractivity contribution is -0.137. The van der Waals surface area contributed by atoms with Gasteiger partial charge in [0.05, 0.1) is 7.11 Å². The van der Waals surface area contributed by atoms with Gasteiger partial charge in [0.2, 0.25) is 0 Å². The number of benzene rings is 1. The lowest BCUT2D eigenvalue weighted by Crippen LogP contribution is -1.90. The fourth-order valence-corrected chi connectivity index (χ4v) is 1.42. The van der Waals surface area contributed by atoms with E-state index in [9.17, 15) is 4.79 Å². The Labute approximate surface area is 115 Å². The van der Waals surface area contributed by atoms with E-state index in [1.54, 1.807) is 7.11 Å². The second kappa shape index (κ2) is 11.3. The first-order valence-corrected chi connectivity index (χ1v) is 6.59. The number of hydrogen-bond donors (Lipinski definition) is 1. The Morgan fingerprint density at radius 3 is 2.32 bits per heavy atom. The molecule has 0 radical (unpaired) electrons. The molecule has 0 atom stereocenters. The number of aryl methyl sites for hydroxylation is 1. The summed E-state index contributed by atoms with van der Waals surface area (Å²) in [5.41, 5.74) is 1.36. The van der Waals surface area contributed by atoms with E-state index in [1.807, 2.05) is 26.0 Å². The number of carboxylic acids is 1. The number of methoxy groups -OCH3 is 1. The predicted molar refractivity (Wildman–Crippen MR) is 78.7 cm³/mol. The molecule has 1 rings (SSSR count). The van der Waals surface area contributed by atoms with E-state index < -0.39 is 5.97 Å². The smallest absolute Gasteiger partial charge is 0.303 e. The molecular formula is C16H24O3. The van der Waals surface area contributed by atoms with Crippen LogP contribution in [0, 0.1) is 0 Å². The molecular weight excluding hydrogens is 240 g/mol. The first-order chi connectivity index (χ1) is 9.13. The van der Waals surface area contributed by atoms with Crippen LogP contribution >= 0.6 is 0 Å². The molecule has 1 N–H and O–H groups in total. The third kappa shape index (κ3) is 9.89. The minimum Gasteiger partial charge on any atom is -0.497 e. The highest BCUT2D eigenvalue weighted by atomic mass is 16.5. The van der Waals surface area contributed by atoms with E-state index >= 15 is 0 Å². The maximum Gasteiger partial charge on any atom is 0.303 e. The average molecular weight is 264 g/mol. The van der Waals surface area contributed by atoms with E-state index in [-0.39, 0.29) is 0 Å². The van der Waals surface area contributed by atoms with Gasteiger partial charge in [-0.3, -0.25) is 4.79 Å². The van der Waals surface area contributed by atoms with Crippen molar-refractivity contribution in [2.45, 2.75) is 39.5 Å². The molecule has 106 valence electrons. The molecule has 19 heavy (non-hydrogen) atoms. The molecule has 3 nitrogen and oxygen atoms in total. The molecule has 0 unspecified atom stereocenters. The second-order valence-electron chi connectivity index (χ2n) is 4.10. The van der Waals surface area contributed by atoms with Crippen LogP contribution in [0.25, 0.3) is 0 Å². The predicted octanol–water partition coefficient (Wildman–Crippen LogP) is 4.08. The van der Waals surface area contributed by atoms with Gasteiger partial charge in [-0.2, -0.15) is 0 Å². The van der Waals surface area contributed by atoms with Gasteiger partial charge in [0, 0.05) is 6.42 Å². The highest BCUT2D eigenvalue weighted by Crippen LogP contribution is 2.12. The highest BCUT2D eigenvalue weighted by molar-refractivity contribution is 5.66. The minimum absolute atomic E-state index is 0.292. The van der Waals surface area contributed by atoms with Crippen LogP contribution in [-0.4, -0.2) is 18.2 Å². The molecule has 0 aromatic heterocycles. The molecule has 0 heterocycles. The van der Waals surface area contributed by atoms with Crippen molar-refractivity contribution in [2.24, 2.45) is 0 Å². The van der Waals surface area contributed by atoms with Gasteiger partial charge < -0.3 is 9.84 Å². The largest absolute Gasteiger partial charge is 0.497 e. The molecule has 1 aromatic rings. The molecule has 0 amide bonds. The summed E-state index contributed by atoms with van der Waals surface area (Å²) >= 11 is 0. The van der Waals surface area contributed by atoms with Gasteiger partial charge in [-0.1, -0.05) is 31.2 Å². The average Bonchev–Trinajstić information content (AvgIpc) is 2.40. The van der Waals surface area contributed by atoms with E-state index in [2.05, 4.69) is 24.3 Å². The van der Waals surface area contributed by atoms with Crippen LogP contribution in [0.2, 0.25) is 0 Å². The molecule has 0 bridgehead atoms. The van der Waals surface area contributed by atoms with Crippen molar-refractivity contribution in [3.63, 3.8) is 0 Å². The molecule has 0 saturated heterocycles. The van der Waals surface area contributed by atoms with Crippen LogP contribution in [0.4, 0.5) is 0 Å². The Morgan fingerprint density at radius 2 is 1.95 bits per heavy atom. The third-order valence-corrected chi connectivity index (χ3v) is 2.46. The number of carbonyl (C=O) groups is 1. The van der Waals surface area contributed by atoms with Crippen molar-refractivity contribution >= 4 is 5.97 Å². The van der Waals surface area contributed by atoms with Crippen LogP contribution < -0.4 is 4.74 Å². The molecule has 3 heteroatoms. The highest BCUT2D eigenvalue weighted by Gasteiger charge is 1.92. The number of ether oxygens (including phenoxy) is 1. The summed E-state index contributed by atoms with van der Waals surface area (Å²) in [7, 11) is 1.69. The van der Waals surface area contributed by atoms with Crippen molar-refractivity contribution in [3.05, 3.63) is 42.0 Å². The normalized spacial score (nSPS) is 9.84. The van der Waals surface area contributed by atoms with E-state index in [4.69, 9.17) is 9.84 Å². The Bertz CT molecular complexity index is 366. The quantitative estimate of drug-likeness (QED) is 0.788. The maximum atomic E-state index is 9.60. The molecule has 0 fully saturated rings. The number of rotatable bonds is 6. The van der Waals surface area contributed by atoms with E-state index in [0.717, 1.165) is 25.0 Å². The number of carboxylic acid groups (broad SMARTS) is 1. The summed E-state index contributed by atoms with van der Waals surface area (Å²) in [6, 6.07) is 8.24. The fraction of sp³-hybridized carbons (Fsp3) is 0.438. The summed E-state index contributed by atoms with van der Waals surface area (Å²) in [6.45, 7) is 3.89.